The fourth-order valence-corrected chi connectivity index (χ4v) is 7.91. The van der Waals surface area contributed by atoms with Crippen molar-refractivity contribution in [3.63, 3.8) is 0 Å². The van der Waals surface area contributed by atoms with Gasteiger partial charge in [-0.1, -0.05) is 24.3 Å². The van der Waals surface area contributed by atoms with Gasteiger partial charge in [-0.2, -0.15) is 4.31 Å². The maximum absolute atomic E-state index is 12.8. The van der Waals surface area contributed by atoms with Crippen LogP contribution in [0.15, 0.2) is 53.4 Å². The Morgan fingerprint density at radius 3 is 2.22 bits per heavy atom. The number of carbonyl (C=O) groups is 1. The minimum atomic E-state index is -3.46. The molecular formula is C26H35N3O6S2. The average molecular weight is 550 g/mol. The van der Waals surface area contributed by atoms with Gasteiger partial charge >= 0.3 is 0 Å². The lowest BCUT2D eigenvalue weighted by Gasteiger charge is -2.30. The van der Waals surface area contributed by atoms with Gasteiger partial charge in [0.05, 0.1) is 17.2 Å². The summed E-state index contributed by atoms with van der Waals surface area (Å²) in [5.41, 5.74) is 1.75. The minimum Gasteiger partial charge on any atom is -0.492 e. The number of rotatable bonds is 10. The first-order chi connectivity index (χ1) is 17.7. The number of nitrogens with zero attached hydrogens (tertiary/aromatic N) is 2. The van der Waals surface area contributed by atoms with Gasteiger partial charge in [0.25, 0.3) is 0 Å². The Labute approximate surface area is 219 Å². The Morgan fingerprint density at radius 2 is 1.57 bits per heavy atom. The number of hydrogen-bond acceptors (Lipinski definition) is 6. The van der Waals surface area contributed by atoms with Crippen molar-refractivity contribution in [2.45, 2.75) is 43.3 Å². The van der Waals surface area contributed by atoms with E-state index in [1.807, 2.05) is 31.2 Å². The van der Waals surface area contributed by atoms with Crippen LogP contribution in [0.25, 0.3) is 0 Å². The highest BCUT2D eigenvalue weighted by atomic mass is 32.2. The van der Waals surface area contributed by atoms with Gasteiger partial charge in [0, 0.05) is 32.1 Å². The van der Waals surface area contributed by atoms with E-state index in [0.717, 1.165) is 24.0 Å². The molecule has 0 bridgehead atoms. The third-order valence-electron chi connectivity index (χ3n) is 7.01. The highest BCUT2D eigenvalue weighted by Gasteiger charge is 2.31. The third kappa shape index (κ3) is 6.90. The lowest BCUT2D eigenvalue weighted by Crippen LogP contribution is -2.44. The molecular weight excluding hydrogens is 514 g/mol. The number of ether oxygens (including phenoxy) is 1. The molecule has 0 atom stereocenters. The Kier molecular flexibility index (Phi) is 8.89. The first-order valence-electron chi connectivity index (χ1n) is 12.7. The van der Waals surface area contributed by atoms with Crippen molar-refractivity contribution in [2.75, 3.05) is 39.3 Å². The van der Waals surface area contributed by atoms with Crippen molar-refractivity contribution in [2.24, 2.45) is 5.92 Å². The van der Waals surface area contributed by atoms with E-state index in [4.69, 9.17) is 4.74 Å². The van der Waals surface area contributed by atoms with Gasteiger partial charge < -0.3 is 10.1 Å². The van der Waals surface area contributed by atoms with Crippen LogP contribution in [0.2, 0.25) is 0 Å². The SMILES string of the molecule is Cc1ccccc1CS(=O)(=O)N1CCC(C(=O)NCCOc2ccc(S(=O)(=O)N3CCCC3)cc2)CC1. The molecule has 2 aliphatic heterocycles. The molecule has 0 aromatic heterocycles. The van der Waals surface area contributed by atoms with Gasteiger partial charge in [0.15, 0.2) is 0 Å². The minimum absolute atomic E-state index is 0.0287. The summed E-state index contributed by atoms with van der Waals surface area (Å²) in [7, 11) is -6.89. The molecule has 2 aromatic carbocycles. The standard InChI is InChI=1S/C26H35N3O6S2/c1-21-6-2-3-7-23(21)20-36(31,32)28-17-12-22(13-18-28)26(30)27-14-19-35-24-8-10-25(11-9-24)37(33,34)29-15-4-5-16-29/h2-3,6-11,22H,4-5,12-20H2,1H3,(H,27,30). The van der Waals surface area contributed by atoms with Crippen LogP contribution in [-0.4, -0.2) is 70.7 Å². The highest BCUT2D eigenvalue weighted by Crippen LogP contribution is 2.24. The first-order valence-corrected chi connectivity index (χ1v) is 15.7. The molecule has 11 heteroatoms. The second-order valence-corrected chi connectivity index (χ2v) is 13.5. The Bertz CT molecular complexity index is 1280. The van der Waals surface area contributed by atoms with Gasteiger partial charge in [0.1, 0.15) is 12.4 Å². The van der Waals surface area contributed by atoms with Crippen LogP contribution < -0.4 is 10.1 Å². The van der Waals surface area contributed by atoms with Crippen LogP contribution in [-0.2, 0) is 30.6 Å². The number of benzene rings is 2. The summed E-state index contributed by atoms with van der Waals surface area (Å²) < 4.78 is 59.5. The number of amides is 1. The molecule has 0 saturated carbocycles. The van der Waals surface area contributed by atoms with Crippen molar-refractivity contribution < 1.29 is 26.4 Å². The predicted octanol–water partition coefficient (Wildman–Crippen LogP) is 2.52. The Hall–Kier alpha value is -2.47. The van der Waals surface area contributed by atoms with Crippen molar-refractivity contribution in [1.82, 2.24) is 13.9 Å². The lowest BCUT2D eigenvalue weighted by atomic mass is 9.97. The summed E-state index contributed by atoms with van der Waals surface area (Å²) in [6.45, 7) is 4.22. The van der Waals surface area contributed by atoms with E-state index >= 15 is 0 Å². The molecule has 0 spiro atoms. The topological polar surface area (TPSA) is 113 Å². The highest BCUT2D eigenvalue weighted by molar-refractivity contribution is 7.89. The van der Waals surface area contributed by atoms with Crippen molar-refractivity contribution in [3.8, 4) is 5.75 Å². The monoisotopic (exact) mass is 549 g/mol. The molecule has 2 aliphatic rings. The average Bonchev–Trinajstić information content (AvgIpc) is 3.44. The summed E-state index contributed by atoms with van der Waals surface area (Å²) in [5, 5.41) is 2.86. The van der Waals surface area contributed by atoms with Gasteiger partial charge in [-0.15, -0.1) is 0 Å². The second-order valence-electron chi connectivity index (χ2n) is 9.58. The molecule has 0 radical (unpaired) electrons. The van der Waals surface area contributed by atoms with E-state index in [-0.39, 0.29) is 29.1 Å². The maximum Gasteiger partial charge on any atom is 0.243 e. The van der Waals surface area contributed by atoms with E-state index < -0.39 is 20.0 Å². The van der Waals surface area contributed by atoms with Crippen molar-refractivity contribution >= 4 is 26.0 Å². The number of hydrogen-bond donors (Lipinski definition) is 1. The van der Waals surface area contributed by atoms with Crippen molar-refractivity contribution in [3.05, 3.63) is 59.7 Å². The zero-order valence-corrected chi connectivity index (χ0v) is 22.8. The summed E-state index contributed by atoms with van der Waals surface area (Å²) in [4.78, 5) is 12.8. The number of piperidine rings is 1. The maximum atomic E-state index is 12.8. The number of carbonyl (C=O) groups excluding carboxylic acids is 1. The molecule has 1 amide bonds. The van der Waals surface area contributed by atoms with E-state index in [1.54, 1.807) is 24.3 Å². The molecule has 202 valence electrons. The van der Waals surface area contributed by atoms with Crippen LogP contribution in [0.3, 0.4) is 0 Å². The Morgan fingerprint density at radius 1 is 0.919 bits per heavy atom. The number of aryl methyl sites for hydroxylation is 1. The lowest BCUT2D eigenvalue weighted by molar-refractivity contribution is -0.126. The first kappa shape index (κ1) is 27.6. The van der Waals surface area contributed by atoms with Crippen molar-refractivity contribution in [1.29, 1.82) is 0 Å². The third-order valence-corrected chi connectivity index (χ3v) is 10.8. The molecule has 2 saturated heterocycles. The van der Waals surface area contributed by atoms with Gasteiger partial charge in [-0.25, -0.2) is 21.1 Å². The number of sulfonamides is 2. The molecule has 37 heavy (non-hydrogen) atoms. The zero-order valence-electron chi connectivity index (χ0n) is 21.1. The van der Waals surface area contributed by atoms with Crippen LogP contribution in [0, 0.1) is 12.8 Å². The quantitative estimate of drug-likeness (QED) is 0.456. The van der Waals surface area contributed by atoms with Crippen LogP contribution in [0.4, 0.5) is 0 Å². The summed E-state index contributed by atoms with van der Waals surface area (Å²) >= 11 is 0. The van der Waals surface area contributed by atoms with E-state index in [0.29, 0.717) is 51.3 Å². The fourth-order valence-electron chi connectivity index (χ4n) is 4.73. The van der Waals surface area contributed by atoms with Crippen LogP contribution in [0.5, 0.6) is 5.75 Å². The van der Waals surface area contributed by atoms with Gasteiger partial charge in [-0.3, -0.25) is 4.79 Å². The van der Waals surface area contributed by atoms with Gasteiger partial charge in [0.2, 0.25) is 26.0 Å². The van der Waals surface area contributed by atoms with E-state index in [1.165, 1.54) is 8.61 Å². The molecule has 2 heterocycles. The molecule has 2 fully saturated rings. The smallest absolute Gasteiger partial charge is 0.243 e. The number of nitrogens with one attached hydrogen (secondary N) is 1. The Balaban J connectivity index is 1.18. The molecule has 1 N–H and O–H groups in total. The van der Waals surface area contributed by atoms with Crippen LogP contribution >= 0.6 is 0 Å². The van der Waals surface area contributed by atoms with Crippen LogP contribution in [0.1, 0.15) is 36.8 Å². The molecule has 4 rings (SSSR count). The van der Waals surface area contributed by atoms with E-state index in [9.17, 15) is 21.6 Å². The normalized spacial score (nSPS) is 18.1. The zero-order chi connectivity index (χ0) is 26.5. The fraction of sp³-hybridized carbons (Fsp3) is 0.500. The summed E-state index contributed by atoms with van der Waals surface area (Å²) in [6, 6.07) is 13.8. The molecule has 0 unspecified atom stereocenters. The summed E-state index contributed by atoms with van der Waals surface area (Å²) in [6.07, 6.45) is 2.73. The van der Waals surface area contributed by atoms with Gasteiger partial charge in [-0.05, 0) is 68.0 Å². The largest absolute Gasteiger partial charge is 0.492 e. The second kappa shape index (κ2) is 11.9. The molecule has 9 nitrogen and oxygen atoms in total. The summed E-state index contributed by atoms with van der Waals surface area (Å²) in [5.74, 6) is 0.160. The predicted molar refractivity (Wildman–Crippen MR) is 141 cm³/mol. The molecule has 0 aliphatic carbocycles. The molecule has 2 aromatic rings. The van der Waals surface area contributed by atoms with E-state index in [2.05, 4.69) is 5.32 Å².